The maximum absolute atomic E-state index is 14.3. The highest BCUT2D eigenvalue weighted by molar-refractivity contribution is 6.36. The highest BCUT2D eigenvalue weighted by atomic mass is 35.5. The fourth-order valence-corrected chi connectivity index (χ4v) is 4.92. The van der Waals surface area contributed by atoms with Gasteiger partial charge in [-0.2, -0.15) is 0 Å². The number of hydrogen-bond donors (Lipinski definition) is 2. The first-order valence-corrected chi connectivity index (χ1v) is 16.0. The monoisotopic (exact) mass is 730 g/mol. The van der Waals surface area contributed by atoms with Crippen LogP contribution < -0.4 is 4.74 Å². The van der Waals surface area contributed by atoms with Crippen molar-refractivity contribution in [1.82, 2.24) is 0 Å². The minimum atomic E-state index is -0.833. The van der Waals surface area contributed by atoms with Crippen LogP contribution in [0.5, 0.6) is 5.75 Å². The smallest absolute Gasteiger partial charge is 0.302 e. The van der Waals surface area contributed by atoms with E-state index in [2.05, 4.69) is 0 Å². The van der Waals surface area contributed by atoms with Gasteiger partial charge in [0.1, 0.15) is 12.9 Å². The number of halogens is 3. The number of benzene rings is 3. The number of carbonyl (C=O) groups is 4. The zero-order valence-corrected chi connectivity index (χ0v) is 30.3. The van der Waals surface area contributed by atoms with Crippen LogP contribution in [0, 0.1) is 11.6 Å². The van der Waals surface area contributed by atoms with Crippen molar-refractivity contribution >= 4 is 47.1 Å². The van der Waals surface area contributed by atoms with Gasteiger partial charge >= 0.3 is 5.97 Å². The van der Waals surface area contributed by atoms with Crippen LogP contribution in [0.4, 0.5) is 8.78 Å². The molecular weight excluding hydrogens is 678 g/mol. The van der Waals surface area contributed by atoms with Crippen molar-refractivity contribution in [3.05, 3.63) is 75.8 Å². The number of methoxy groups -OCH3 is 2. The zero-order valence-electron chi connectivity index (χ0n) is 29.6. The molecule has 1 fully saturated rings. The molecule has 0 radical (unpaired) electrons. The Labute approximate surface area is 299 Å². The van der Waals surface area contributed by atoms with Gasteiger partial charge in [-0.05, 0) is 47.6 Å². The number of rotatable bonds is 7. The van der Waals surface area contributed by atoms with Crippen molar-refractivity contribution < 1.29 is 57.1 Å². The summed E-state index contributed by atoms with van der Waals surface area (Å²) in [6.45, 7) is 11.8. The van der Waals surface area contributed by atoms with Gasteiger partial charge in [0.05, 0.1) is 30.4 Å². The molecule has 0 aromatic heterocycles. The Morgan fingerprint density at radius 1 is 0.980 bits per heavy atom. The van der Waals surface area contributed by atoms with Crippen LogP contribution in [0.1, 0.15) is 91.5 Å². The first kappa shape index (κ1) is 50.2. The van der Waals surface area contributed by atoms with Crippen molar-refractivity contribution in [3.8, 4) is 5.75 Å². The molecule has 0 aliphatic carbocycles. The standard InChI is InChI=1S/C27H27ClF2O5.C2H4O2.C2H4O.2C2H6.CH2O2.CH4/c1-15(31)34-14-19-12-18(32-2)13-25(35-19)22-11-17(26(28)21-7-5-4-6-20(21)22)8-16-9-23(29)27(33-3)24(30)10-16;1-2(3)4;1-2-3;2*1-2;2-1-3;/h4-7,9-11,18-19,25H,8,12-14H2,1-3H3;1H3,(H,3,4);2H,1H3;2*1-2H3;1H,(H,2,3);1H4. The third-order valence-electron chi connectivity index (χ3n) is 6.26. The van der Waals surface area contributed by atoms with Gasteiger partial charge in [-0.1, -0.05) is 77.1 Å². The largest absolute Gasteiger partial charge is 0.491 e. The van der Waals surface area contributed by atoms with Gasteiger partial charge in [0, 0.05) is 39.2 Å². The van der Waals surface area contributed by atoms with E-state index in [9.17, 15) is 13.6 Å². The van der Waals surface area contributed by atoms with Crippen LogP contribution in [0.3, 0.4) is 0 Å². The molecule has 50 heavy (non-hydrogen) atoms. The molecule has 0 bridgehead atoms. The minimum absolute atomic E-state index is 0. The Balaban J connectivity index is -0.00000128. The molecule has 2 N–H and O–H groups in total. The van der Waals surface area contributed by atoms with Gasteiger partial charge in [-0.3, -0.25) is 14.4 Å². The molecule has 1 aliphatic rings. The van der Waals surface area contributed by atoms with E-state index in [-0.39, 0.29) is 51.2 Å². The third-order valence-corrected chi connectivity index (χ3v) is 6.70. The predicted molar refractivity (Wildman–Crippen MR) is 192 cm³/mol. The lowest BCUT2D eigenvalue weighted by atomic mass is 9.89. The molecule has 3 atom stereocenters. The van der Waals surface area contributed by atoms with Crippen LogP contribution in [0.2, 0.25) is 5.02 Å². The molecule has 1 saturated heterocycles. The Morgan fingerprint density at radius 2 is 1.46 bits per heavy atom. The molecule has 0 spiro atoms. The topological polar surface area (TPSA) is 146 Å². The third kappa shape index (κ3) is 17.5. The second-order valence-electron chi connectivity index (χ2n) is 9.49. The van der Waals surface area contributed by atoms with Gasteiger partial charge in [0.2, 0.25) is 0 Å². The lowest BCUT2D eigenvalue weighted by Crippen LogP contribution is -2.35. The van der Waals surface area contributed by atoms with Crippen LogP contribution in [-0.4, -0.2) is 67.9 Å². The molecule has 1 aliphatic heterocycles. The molecule has 3 unspecified atom stereocenters. The zero-order chi connectivity index (χ0) is 38.1. The number of fused-ring (bicyclic) bond motifs is 1. The maximum Gasteiger partial charge on any atom is 0.302 e. The molecule has 1 heterocycles. The number of carboxylic acids is 1. The second kappa shape index (κ2) is 28.7. The average Bonchev–Trinajstić information content (AvgIpc) is 3.07. The maximum atomic E-state index is 14.3. The molecule has 3 aromatic carbocycles. The number of aliphatic carboxylic acids is 1. The van der Waals surface area contributed by atoms with Crippen molar-refractivity contribution in [2.45, 2.75) is 93.5 Å². The summed E-state index contributed by atoms with van der Waals surface area (Å²) in [5.41, 5.74) is 2.03. The summed E-state index contributed by atoms with van der Waals surface area (Å²) >= 11 is 6.77. The van der Waals surface area contributed by atoms with E-state index in [1.807, 2.05) is 58.0 Å². The van der Waals surface area contributed by atoms with Crippen LogP contribution >= 0.6 is 11.6 Å². The molecule has 13 heteroatoms. The minimum Gasteiger partial charge on any atom is -0.491 e. The summed E-state index contributed by atoms with van der Waals surface area (Å²) in [5.74, 6) is -3.17. The summed E-state index contributed by atoms with van der Waals surface area (Å²) in [5, 5.41) is 16.5. The van der Waals surface area contributed by atoms with Crippen molar-refractivity contribution in [2.75, 3.05) is 20.8 Å². The van der Waals surface area contributed by atoms with E-state index < -0.39 is 23.4 Å². The molecular formula is C37H53ClF2O10. The van der Waals surface area contributed by atoms with Gasteiger partial charge in [-0.25, -0.2) is 8.78 Å². The molecule has 3 aromatic rings. The summed E-state index contributed by atoms with van der Waals surface area (Å²) in [6, 6.07) is 12.1. The fraction of sp³-hybridized carbons (Fsp3) is 0.459. The predicted octanol–water partition coefficient (Wildman–Crippen LogP) is 8.85. The highest BCUT2D eigenvalue weighted by Crippen LogP contribution is 2.40. The van der Waals surface area contributed by atoms with Crippen LogP contribution in [-0.2, 0) is 39.8 Å². The van der Waals surface area contributed by atoms with Crippen molar-refractivity contribution in [2.24, 2.45) is 0 Å². The second-order valence-corrected chi connectivity index (χ2v) is 9.87. The van der Waals surface area contributed by atoms with Crippen LogP contribution in [0.15, 0.2) is 42.5 Å². The van der Waals surface area contributed by atoms with E-state index in [0.29, 0.717) is 29.0 Å². The van der Waals surface area contributed by atoms with Crippen molar-refractivity contribution in [3.63, 3.8) is 0 Å². The number of ether oxygens (including phenoxy) is 4. The number of hydrogen-bond acceptors (Lipinski definition) is 8. The van der Waals surface area contributed by atoms with Gasteiger partial charge < -0.3 is 34.0 Å². The number of esters is 1. The molecule has 0 saturated carbocycles. The van der Waals surface area contributed by atoms with E-state index in [4.69, 9.17) is 55.1 Å². The molecule has 0 amide bonds. The molecule has 10 nitrogen and oxygen atoms in total. The summed E-state index contributed by atoms with van der Waals surface area (Å²) in [7, 11) is 2.87. The number of carboxylic acid groups (broad SMARTS) is 2. The molecule has 282 valence electrons. The lowest BCUT2D eigenvalue weighted by molar-refractivity contribution is -0.157. The van der Waals surface area contributed by atoms with Gasteiger partial charge in [-0.15, -0.1) is 0 Å². The SMILES string of the molecule is C.CC.CC.CC(=O)O.CC=O.COc1c(F)cc(Cc2cc(C3CC(OC)CC(COC(C)=O)O3)c3ccccc3c2Cl)cc1F.O=CO. The van der Waals surface area contributed by atoms with E-state index >= 15 is 0 Å². The first-order valence-electron chi connectivity index (χ1n) is 15.6. The van der Waals surface area contributed by atoms with Crippen molar-refractivity contribution in [1.29, 1.82) is 0 Å². The van der Waals surface area contributed by atoms with E-state index in [0.717, 1.165) is 29.5 Å². The lowest BCUT2D eigenvalue weighted by Gasteiger charge is -2.35. The van der Waals surface area contributed by atoms with E-state index in [1.165, 1.54) is 33.1 Å². The van der Waals surface area contributed by atoms with Gasteiger partial charge in [0.15, 0.2) is 17.4 Å². The Bertz CT molecular complexity index is 1400. The fourth-order valence-electron chi connectivity index (χ4n) is 4.63. The molecule has 4 rings (SSSR count). The quantitative estimate of drug-likeness (QED) is 0.179. The van der Waals surface area contributed by atoms with E-state index in [1.54, 1.807) is 7.11 Å². The average molecular weight is 731 g/mol. The Morgan fingerprint density at radius 3 is 1.90 bits per heavy atom. The first-order chi connectivity index (χ1) is 23.4. The number of carbonyl (C=O) groups excluding carboxylic acids is 2. The van der Waals surface area contributed by atoms with Crippen LogP contribution in [0.25, 0.3) is 10.8 Å². The highest BCUT2D eigenvalue weighted by Gasteiger charge is 2.32. The number of aldehydes is 1. The normalized spacial score (nSPS) is 15.3. The Hall–Kier alpha value is -4.13. The van der Waals surface area contributed by atoms with Gasteiger partial charge in [0.25, 0.3) is 12.4 Å². The summed E-state index contributed by atoms with van der Waals surface area (Å²) in [6.07, 6.45) is 1.40. The Kier molecular flexibility index (Phi) is 28.8. The summed E-state index contributed by atoms with van der Waals surface area (Å²) < 4.78 is 50.6. The summed E-state index contributed by atoms with van der Waals surface area (Å²) in [4.78, 5) is 37.5.